The zero-order valence-corrected chi connectivity index (χ0v) is 7.90. The van der Waals surface area contributed by atoms with E-state index in [-0.39, 0.29) is 5.43 Å². The molecule has 0 N–H and O–H groups in total. The highest BCUT2D eigenvalue weighted by Crippen LogP contribution is 2.27. The molecule has 0 unspecified atom stereocenters. The Morgan fingerprint density at radius 2 is 1.60 bits per heavy atom. The third kappa shape index (κ3) is 0.699. The second kappa shape index (κ2) is 2.11. The molecule has 3 heterocycles. The maximum Gasteiger partial charge on any atom is 0.188 e. The first-order chi connectivity index (χ1) is 7.34. The van der Waals surface area contributed by atoms with Gasteiger partial charge in [-0.1, -0.05) is 6.07 Å². The Labute approximate surface area is 85.0 Å². The molecule has 3 aromatic heterocycles. The number of rotatable bonds is 0. The van der Waals surface area contributed by atoms with Crippen LogP contribution in [0.4, 0.5) is 0 Å². The highest BCUT2D eigenvalue weighted by atomic mass is 16.1. The number of hydrogen-bond acceptors (Lipinski definition) is 1. The van der Waals surface area contributed by atoms with Crippen LogP contribution in [0.1, 0.15) is 0 Å². The summed E-state index contributed by atoms with van der Waals surface area (Å²) in [5, 5.41) is 1.96. The second-order valence-electron chi connectivity index (χ2n) is 3.91. The number of hydrogen-bond donors (Lipinski definition) is 0. The number of nitrogens with zero attached hydrogens (tertiary/aromatic N) is 1. The Morgan fingerprint density at radius 1 is 0.867 bits per heavy atom. The molecule has 0 amide bonds. The van der Waals surface area contributed by atoms with Gasteiger partial charge in [0.2, 0.25) is 0 Å². The largest absolute Gasteiger partial charge is 0.309 e. The molecule has 0 aliphatic heterocycles. The Morgan fingerprint density at radius 3 is 2.53 bits per heavy atom. The molecule has 0 bridgehead atoms. The van der Waals surface area contributed by atoms with Crippen molar-refractivity contribution in [2.45, 2.75) is 0 Å². The van der Waals surface area contributed by atoms with Crippen molar-refractivity contribution in [1.29, 1.82) is 0 Å². The number of benzene rings is 1. The van der Waals surface area contributed by atoms with Crippen LogP contribution in [0, 0.1) is 0 Å². The Hall–Kier alpha value is -2.09. The van der Waals surface area contributed by atoms with E-state index in [0.29, 0.717) is 0 Å². The predicted octanol–water partition coefficient (Wildman–Crippen LogP) is 2.48. The molecule has 2 heteroatoms. The summed E-state index contributed by atoms with van der Waals surface area (Å²) in [4.78, 5) is 11.7. The lowest BCUT2D eigenvalue weighted by atomic mass is 10.1. The van der Waals surface area contributed by atoms with Gasteiger partial charge in [0.25, 0.3) is 0 Å². The molecule has 4 aromatic rings. The molecule has 0 saturated carbocycles. The van der Waals surface area contributed by atoms with Crippen LogP contribution in [0.3, 0.4) is 0 Å². The average Bonchev–Trinajstić information content (AvgIpc) is 2.80. The van der Waals surface area contributed by atoms with E-state index in [1.807, 2.05) is 18.2 Å². The summed E-state index contributed by atoms with van der Waals surface area (Å²) in [5.74, 6) is 0. The smallest absolute Gasteiger partial charge is 0.188 e. The van der Waals surface area contributed by atoms with Crippen molar-refractivity contribution in [3.05, 3.63) is 52.7 Å². The summed E-state index contributed by atoms with van der Waals surface area (Å²) < 4.78 is 2.14. The summed E-state index contributed by atoms with van der Waals surface area (Å²) in [6.45, 7) is 0. The first-order valence-electron chi connectivity index (χ1n) is 4.93. The summed E-state index contributed by atoms with van der Waals surface area (Å²) in [6, 6.07) is 13.8. The summed E-state index contributed by atoms with van der Waals surface area (Å²) in [5.41, 5.74) is 3.42. The van der Waals surface area contributed by atoms with E-state index >= 15 is 0 Å². The predicted molar refractivity (Wildman–Crippen MR) is 61.1 cm³/mol. The van der Waals surface area contributed by atoms with Crippen LogP contribution in [0.15, 0.2) is 47.3 Å². The van der Waals surface area contributed by atoms with Gasteiger partial charge in [0, 0.05) is 16.4 Å². The van der Waals surface area contributed by atoms with Crippen LogP contribution < -0.4 is 5.43 Å². The van der Waals surface area contributed by atoms with Gasteiger partial charge < -0.3 is 4.40 Å². The van der Waals surface area contributed by atoms with E-state index in [0.717, 1.165) is 27.3 Å². The van der Waals surface area contributed by atoms with Gasteiger partial charge in [-0.15, -0.1) is 0 Å². The van der Waals surface area contributed by atoms with E-state index in [9.17, 15) is 4.79 Å². The Kier molecular flexibility index (Phi) is 1.02. The molecule has 1 aromatic carbocycles. The third-order valence-corrected chi connectivity index (χ3v) is 3.10. The zero-order valence-electron chi connectivity index (χ0n) is 7.90. The minimum Gasteiger partial charge on any atom is -0.309 e. The van der Waals surface area contributed by atoms with Crippen LogP contribution >= 0.6 is 0 Å². The fraction of sp³-hybridized carbons (Fsp3) is 0. The van der Waals surface area contributed by atoms with Gasteiger partial charge >= 0.3 is 0 Å². The maximum absolute atomic E-state index is 11.7. The second-order valence-corrected chi connectivity index (χ2v) is 3.91. The molecule has 4 rings (SSSR count). The summed E-state index contributed by atoms with van der Waals surface area (Å²) in [7, 11) is 0. The molecule has 15 heavy (non-hydrogen) atoms. The molecular weight excluding hydrogens is 186 g/mol. The molecule has 0 spiro atoms. The highest BCUT2D eigenvalue weighted by Gasteiger charge is 2.10. The minimum atomic E-state index is 0.110. The lowest BCUT2D eigenvalue weighted by Gasteiger charge is -2.00. The lowest BCUT2D eigenvalue weighted by molar-refractivity contribution is 1.36. The van der Waals surface area contributed by atoms with Crippen LogP contribution in [0.2, 0.25) is 0 Å². The van der Waals surface area contributed by atoms with Gasteiger partial charge in [-0.2, -0.15) is 0 Å². The van der Waals surface area contributed by atoms with Crippen molar-refractivity contribution in [1.82, 2.24) is 4.40 Å². The fourth-order valence-corrected chi connectivity index (χ4v) is 2.42. The van der Waals surface area contributed by atoms with E-state index < -0.39 is 0 Å². The molecule has 2 nitrogen and oxygen atoms in total. The molecule has 0 aliphatic rings. The van der Waals surface area contributed by atoms with Crippen molar-refractivity contribution < 1.29 is 0 Å². The SMILES string of the molecule is O=c1ccc2ccc3ccc4cc1c2n34. The molecule has 0 atom stereocenters. The van der Waals surface area contributed by atoms with Crippen LogP contribution in [-0.2, 0) is 0 Å². The molecular formula is C13H7NO. The molecule has 0 radical (unpaired) electrons. The van der Waals surface area contributed by atoms with Gasteiger partial charge in [-0.3, -0.25) is 4.79 Å². The highest BCUT2D eigenvalue weighted by molar-refractivity contribution is 6.02. The summed E-state index contributed by atoms with van der Waals surface area (Å²) in [6.07, 6.45) is 0. The van der Waals surface area contributed by atoms with Gasteiger partial charge in [0.05, 0.1) is 5.52 Å². The maximum atomic E-state index is 11.7. The number of pyridine rings is 1. The quantitative estimate of drug-likeness (QED) is 0.420. The van der Waals surface area contributed by atoms with E-state index in [4.69, 9.17) is 0 Å². The van der Waals surface area contributed by atoms with Crippen LogP contribution in [-0.4, -0.2) is 4.40 Å². The van der Waals surface area contributed by atoms with E-state index in [1.165, 1.54) is 0 Å². The van der Waals surface area contributed by atoms with Crippen LogP contribution in [0.5, 0.6) is 0 Å². The van der Waals surface area contributed by atoms with Crippen molar-refractivity contribution in [2.75, 3.05) is 0 Å². The average molecular weight is 193 g/mol. The first kappa shape index (κ1) is 7.23. The topological polar surface area (TPSA) is 21.5 Å². The first-order valence-corrected chi connectivity index (χ1v) is 4.93. The zero-order chi connectivity index (χ0) is 9.99. The lowest BCUT2D eigenvalue weighted by Crippen LogP contribution is -1.97. The van der Waals surface area contributed by atoms with E-state index in [2.05, 4.69) is 22.6 Å². The van der Waals surface area contributed by atoms with Crippen LogP contribution in [0.25, 0.3) is 27.3 Å². The minimum absolute atomic E-state index is 0.110. The fourth-order valence-electron chi connectivity index (χ4n) is 2.42. The third-order valence-electron chi connectivity index (χ3n) is 3.10. The molecule has 0 aliphatic carbocycles. The monoisotopic (exact) mass is 193 g/mol. The van der Waals surface area contributed by atoms with Crippen molar-refractivity contribution in [2.24, 2.45) is 0 Å². The normalized spacial score (nSPS) is 12.3. The summed E-state index contributed by atoms with van der Waals surface area (Å²) >= 11 is 0. The standard InChI is InChI=1S/C13H7NO/c15-12-6-2-8-1-3-9-4-5-10-7-11(12)13(8)14(9)10/h1-7H. The van der Waals surface area contributed by atoms with Gasteiger partial charge in [0.15, 0.2) is 5.43 Å². The van der Waals surface area contributed by atoms with Crippen molar-refractivity contribution in [3.8, 4) is 0 Å². The Bertz CT molecular complexity index is 828. The van der Waals surface area contributed by atoms with Gasteiger partial charge in [0.1, 0.15) is 0 Å². The van der Waals surface area contributed by atoms with E-state index in [1.54, 1.807) is 6.07 Å². The molecule has 70 valence electrons. The molecule has 0 saturated heterocycles. The van der Waals surface area contributed by atoms with Crippen molar-refractivity contribution in [3.63, 3.8) is 0 Å². The number of aromatic nitrogens is 1. The Balaban J connectivity index is 2.60. The van der Waals surface area contributed by atoms with Crippen molar-refractivity contribution >= 4 is 27.3 Å². The van der Waals surface area contributed by atoms with Gasteiger partial charge in [-0.25, -0.2) is 0 Å². The van der Waals surface area contributed by atoms with Gasteiger partial charge in [-0.05, 0) is 41.8 Å². The molecule has 0 fully saturated rings.